The molecule has 0 saturated heterocycles. The number of benzene rings is 4. The van der Waals surface area contributed by atoms with Crippen LogP contribution < -0.4 is 10.9 Å². The lowest BCUT2D eigenvalue weighted by Gasteiger charge is -2.11. The van der Waals surface area contributed by atoms with E-state index in [9.17, 15) is 20.1 Å². The Bertz CT molecular complexity index is 1170. The van der Waals surface area contributed by atoms with Gasteiger partial charge in [0.15, 0.2) is 0 Å². The summed E-state index contributed by atoms with van der Waals surface area (Å²) in [4.78, 5) is 0. The normalized spacial score (nSPS) is 12.0. The molecule has 120 valence electrons. The second kappa shape index (κ2) is 5.17. The van der Waals surface area contributed by atoms with Crippen LogP contribution in [0.1, 0.15) is 0 Å². The van der Waals surface area contributed by atoms with Crippen LogP contribution in [0.15, 0.2) is 48.5 Å². The smallest absolute Gasteiger partial charge is 0.423 e. The lowest BCUT2D eigenvalue weighted by molar-refractivity contribution is 0.425. The summed E-state index contributed by atoms with van der Waals surface area (Å²) < 4.78 is 1.54. The van der Waals surface area contributed by atoms with Crippen LogP contribution in [0.2, 0.25) is 0 Å². The lowest BCUT2D eigenvalue weighted by Crippen LogP contribution is -2.30. The summed E-state index contributed by atoms with van der Waals surface area (Å²) >= 11 is 1.37. The Morgan fingerprint density at radius 3 is 1.40 bits per heavy atom. The van der Waals surface area contributed by atoms with Crippen LogP contribution >= 0.6 is 11.3 Å². The average Bonchev–Trinajstić information content (AvgIpc) is 3.00. The molecule has 25 heavy (non-hydrogen) atoms. The molecule has 4 nitrogen and oxygen atoms in total. The Hall–Kier alpha value is -2.15. The molecule has 1 heterocycles. The van der Waals surface area contributed by atoms with Crippen LogP contribution in [-0.2, 0) is 0 Å². The Morgan fingerprint density at radius 2 is 1.00 bits per heavy atom. The van der Waals surface area contributed by atoms with Crippen molar-refractivity contribution in [2.24, 2.45) is 0 Å². The van der Waals surface area contributed by atoms with Crippen molar-refractivity contribution in [1.82, 2.24) is 0 Å². The van der Waals surface area contributed by atoms with Crippen molar-refractivity contribution < 1.29 is 20.1 Å². The molecule has 0 bridgehead atoms. The number of rotatable bonds is 2. The molecule has 4 N–H and O–H groups in total. The van der Waals surface area contributed by atoms with Gasteiger partial charge >= 0.3 is 14.2 Å². The molecule has 4 aromatic carbocycles. The zero-order chi connectivity index (χ0) is 17.3. The molecule has 5 aromatic rings. The van der Waals surface area contributed by atoms with Crippen LogP contribution in [0.4, 0.5) is 0 Å². The quantitative estimate of drug-likeness (QED) is 0.286. The van der Waals surface area contributed by atoms with Gasteiger partial charge in [0.05, 0.1) is 0 Å². The van der Waals surface area contributed by atoms with E-state index in [-0.39, 0.29) is 0 Å². The van der Waals surface area contributed by atoms with Crippen molar-refractivity contribution in [3.8, 4) is 0 Å². The first kappa shape index (κ1) is 15.1. The molecule has 7 heteroatoms. The summed E-state index contributed by atoms with van der Waals surface area (Å²) in [6, 6.07) is 15.4. The van der Waals surface area contributed by atoms with Crippen LogP contribution in [0.25, 0.3) is 41.7 Å². The standard InChI is InChI=1S/C18H12B2O4S/c21-19(22)13-7-5-11-9-3-1-2-4-10(9)12-6-8-14(20(23)24)18-16(12)15(11)17(13)25-18/h1-8,21-24H. The van der Waals surface area contributed by atoms with Gasteiger partial charge in [0.2, 0.25) is 0 Å². The largest absolute Gasteiger partial charge is 0.489 e. The van der Waals surface area contributed by atoms with Gasteiger partial charge in [0, 0.05) is 20.2 Å². The Labute approximate surface area is 147 Å². The summed E-state index contributed by atoms with van der Waals surface area (Å²) in [6.07, 6.45) is 0. The summed E-state index contributed by atoms with van der Waals surface area (Å²) in [5, 5.41) is 45.2. The second-order valence-electron chi connectivity index (χ2n) is 6.21. The predicted molar refractivity (Wildman–Crippen MR) is 105 cm³/mol. The highest BCUT2D eigenvalue weighted by Gasteiger charge is 2.25. The van der Waals surface area contributed by atoms with E-state index in [1.165, 1.54) is 11.3 Å². The van der Waals surface area contributed by atoms with Crippen LogP contribution in [0.5, 0.6) is 0 Å². The van der Waals surface area contributed by atoms with Crippen molar-refractivity contribution in [3.63, 3.8) is 0 Å². The van der Waals surface area contributed by atoms with E-state index in [2.05, 4.69) is 12.1 Å². The van der Waals surface area contributed by atoms with Gasteiger partial charge in [-0.1, -0.05) is 48.5 Å². The SMILES string of the molecule is OB(O)c1ccc2c3ccccc3c3ccc(B(O)O)c4sc1c2c43. The molecule has 0 radical (unpaired) electrons. The Kier molecular flexibility index (Phi) is 3.13. The molecule has 0 aliphatic rings. The second-order valence-corrected chi connectivity index (χ2v) is 7.23. The highest BCUT2D eigenvalue weighted by Crippen LogP contribution is 2.43. The maximum atomic E-state index is 9.76. The molecule has 0 saturated carbocycles. The monoisotopic (exact) mass is 346 g/mol. The van der Waals surface area contributed by atoms with Gasteiger partial charge in [-0.25, -0.2) is 0 Å². The first-order valence-electron chi connectivity index (χ1n) is 7.92. The highest BCUT2D eigenvalue weighted by atomic mass is 32.1. The number of hydrogen-bond acceptors (Lipinski definition) is 5. The zero-order valence-corrected chi connectivity index (χ0v) is 13.8. The fraction of sp³-hybridized carbons (Fsp3) is 0. The third kappa shape index (κ3) is 1.93. The average molecular weight is 346 g/mol. The molecule has 1 aromatic heterocycles. The van der Waals surface area contributed by atoms with Crippen molar-refractivity contribution in [2.75, 3.05) is 0 Å². The molecule has 0 atom stereocenters. The Balaban J connectivity index is 2.16. The van der Waals surface area contributed by atoms with Gasteiger partial charge in [-0.2, -0.15) is 0 Å². The Morgan fingerprint density at radius 1 is 0.560 bits per heavy atom. The minimum absolute atomic E-state index is 0.434. The first-order valence-corrected chi connectivity index (χ1v) is 8.73. The van der Waals surface area contributed by atoms with E-state index < -0.39 is 14.2 Å². The molecule has 5 rings (SSSR count). The third-order valence-corrected chi connectivity index (χ3v) is 6.18. The van der Waals surface area contributed by atoms with Crippen molar-refractivity contribution in [2.45, 2.75) is 0 Å². The fourth-order valence-corrected chi connectivity index (χ4v) is 5.24. The predicted octanol–water partition coefficient (Wildman–Crippen LogP) is 1.16. The van der Waals surface area contributed by atoms with E-state index >= 15 is 0 Å². The number of hydrogen-bond donors (Lipinski definition) is 4. The van der Waals surface area contributed by atoms with Crippen LogP contribution in [0.3, 0.4) is 0 Å². The minimum Gasteiger partial charge on any atom is -0.423 e. The van der Waals surface area contributed by atoms with Gasteiger partial charge in [-0.15, -0.1) is 11.3 Å². The summed E-state index contributed by atoms with van der Waals surface area (Å²) in [5.41, 5.74) is 0.868. The van der Waals surface area contributed by atoms with Crippen LogP contribution in [-0.4, -0.2) is 34.3 Å². The first-order chi connectivity index (χ1) is 12.1. The van der Waals surface area contributed by atoms with Gasteiger partial charge < -0.3 is 20.1 Å². The number of thiophene rings is 1. The van der Waals surface area contributed by atoms with Crippen LogP contribution in [0, 0.1) is 0 Å². The molecule has 0 unspecified atom stereocenters. The summed E-state index contributed by atoms with van der Waals surface area (Å²) in [6.45, 7) is 0. The molecular formula is C18H12B2O4S. The molecule has 0 aliphatic heterocycles. The number of fused-ring (bicyclic) bond motifs is 3. The van der Waals surface area contributed by atoms with Gasteiger partial charge in [0.1, 0.15) is 0 Å². The minimum atomic E-state index is -1.58. The lowest BCUT2D eigenvalue weighted by atomic mass is 9.76. The maximum Gasteiger partial charge on any atom is 0.489 e. The zero-order valence-electron chi connectivity index (χ0n) is 13.0. The van der Waals surface area contributed by atoms with E-state index in [1.54, 1.807) is 12.1 Å². The van der Waals surface area contributed by atoms with E-state index in [4.69, 9.17) is 0 Å². The molecule has 0 amide bonds. The van der Waals surface area contributed by atoms with Gasteiger partial charge in [0.25, 0.3) is 0 Å². The molecule has 0 fully saturated rings. The maximum absolute atomic E-state index is 9.76. The third-order valence-electron chi connectivity index (χ3n) is 4.89. The molecular weight excluding hydrogens is 334 g/mol. The topological polar surface area (TPSA) is 80.9 Å². The summed E-state index contributed by atoms with van der Waals surface area (Å²) in [5.74, 6) is 0. The summed E-state index contributed by atoms with van der Waals surface area (Å²) in [7, 11) is -3.16. The molecule has 0 spiro atoms. The highest BCUT2D eigenvalue weighted by molar-refractivity contribution is 7.28. The fourth-order valence-electron chi connectivity index (χ4n) is 3.82. The van der Waals surface area contributed by atoms with Crippen molar-refractivity contribution in [3.05, 3.63) is 48.5 Å². The van der Waals surface area contributed by atoms with E-state index in [1.807, 2.05) is 24.3 Å². The molecule has 0 aliphatic carbocycles. The van der Waals surface area contributed by atoms with Gasteiger partial charge in [-0.05, 0) is 32.5 Å². The van der Waals surface area contributed by atoms with E-state index in [0.29, 0.717) is 10.9 Å². The van der Waals surface area contributed by atoms with Crippen molar-refractivity contribution >= 4 is 78.2 Å². The van der Waals surface area contributed by atoms with E-state index in [0.717, 1.165) is 41.7 Å². The van der Waals surface area contributed by atoms with Crippen molar-refractivity contribution in [1.29, 1.82) is 0 Å². The van der Waals surface area contributed by atoms with Gasteiger partial charge in [-0.3, -0.25) is 0 Å².